The van der Waals surface area contributed by atoms with Gasteiger partial charge in [-0.15, -0.1) is 11.3 Å². The molecule has 3 N–H and O–H groups in total. The number of ether oxygens (including phenoxy) is 2. The minimum atomic E-state index is -0.529. The van der Waals surface area contributed by atoms with Crippen LogP contribution in [-0.2, 0) is 20.8 Å². The summed E-state index contributed by atoms with van der Waals surface area (Å²) in [6.45, 7) is 0.171. The first-order valence-electron chi connectivity index (χ1n) is 8.31. The molecule has 1 atom stereocenters. The number of rotatable bonds is 5. The van der Waals surface area contributed by atoms with E-state index in [1.807, 2.05) is 0 Å². The van der Waals surface area contributed by atoms with Crippen LogP contribution in [0.15, 0.2) is 23.6 Å². The van der Waals surface area contributed by atoms with Gasteiger partial charge in [0.25, 0.3) is 0 Å². The van der Waals surface area contributed by atoms with E-state index >= 15 is 0 Å². The molecule has 1 fully saturated rings. The molecule has 1 aromatic heterocycles. The van der Waals surface area contributed by atoms with E-state index in [-0.39, 0.29) is 30.9 Å². The number of amides is 3. The number of thiazole rings is 1. The lowest BCUT2D eigenvalue weighted by atomic mass is 10.2. The molecule has 0 unspecified atom stereocenters. The second-order valence-corrected chi connectivity index (χ2v) is 6.94. The van der Waals surface area contributed by atoms with Gasteiger partial charge in [-0.1, -0.05) is 0 Å². The largest absolute Gasteiger partial charge is 0.454 e. The van der Waals surface area contributed by atoms with Gasteiger partial charge < -0.3 is 25.4 Å². The zero-order valence-electron chi connectivity index (χ0n) is 14.1. The number of nitrogens with one attached hydrogen (secondary N) is 3. The Labute approximate surface area is 158 Å². The summed E-state index contributed by atoms with van der Waals surface area (Å²) in [6.07, 6.45) is 0.892. The molecule has 0 saturated carbocycles. The minimum Gasteiger partial charge on any atom is -0.454 e. The number of fused-ring (bicyclic) bond motifs is 1. The Morgan fingerprint density at radius 2 is 2.11 bits per heavy atom. The van der Waals surface area contributed by atoms with E-state index in [0.29, 0.717) is 40.9 Å². The van der Waals surface area contributed by atoms with Crippen LogP contribution in [0.4, 0.5) is 10.8 Å². The van der Waals surface area contributed by atoms with Crippen molar-refractivity contribution in [3.8, 4) is 11.5 Å². The van der Waals surface area contributed by atoms with Crippen LogP contribution in [0.5, 0.6) is 11.5 Å². The van der Waals surface area contributed by atoms with Crippen molar-refractivity contribution in [3.05, 3.63) is 29.3 Å². The molecular formula is C17H16N4O5S. The summed E-state index contributed by atoms with van der Waals surface area (Å²) in [6, 6.07) is 4.63. The summed E-state index contributed by atoms with van der Waals surface area (Å²) in [5.41, 5.74) is 1.15. The molecule has 1 aromatic carbocycles. The molecule has 2 aliphatic heterocycles. The van der Waals surface area contributed by atoms with Gasteiger partial charge in [-0.25, -0.2) is 4.98 Å². The van der Waals surface area contributed by atoms with Crippen molar-refractivity contribution in [2.45, 2.75) is 25.3 Å². The molecule has 3 amide bonds. The van der Waals surface area contributed by atoms with Crippen molar-refractivity contribution in [2.24, 2.45) is 0 Å². The summed E-state index contributed by atoms with van der Waals surface area (Å²) < 4.78 is 10.5. The molecule has 0 spiro atoms. The van der Waals surface area contributed by atoms with Gasteiger partial charge in [-0.3, -0.25) is 14.4 Å². The zero-order valence-corrected chi connectivity index (χ0v) is 14.9. The third-order valence-corrected chi connectivity index (χ3v) is 4.90. The van der Waals surface area contributed by atoms with Gasteiger partial charge in [0.05, 0.1) is 12.1 Å². The number of carbonyl (C=O) groups is 3. The Hall–Kier alpha value is -3.14. The van der Waals surface area contributed by atoms with Crippen LogP contribution in [0.25, 0.3) is 0 Å². The molecule has 2 aromatic rings. The molecule has 9 nitrogen and oxygen atoms in total. The fraction of sp³-hybridized carbons (Fsp3) is 0.294. The molecule has 0 aliphatic carbocycles. The Balaban J connectivity index is 1.31. The maximum Gasteiger partial charge on any atom is 0.248 e. The van der Waals surface area contributed by atoms with E-state index in [1.54, 1.807) is 23.6 Å². The topological polar surface area (TPSA) is 119 Å². The number of benzene rings is 1. The monoisotopic (exact) mass is 388 g/mol. The molecule has 27 heavy (non-hydrogen) atoms. The number of anilines is 2. The van der Waals surface area contributed by atoms with Gasteiger partial charge in [0, 0.05) is 23.6 Å². The average molecular weight is 388 g/mol. The van der Waals surface area contributed by atoms with Gasteiger partial charge >= 0.3 is 0 Å². The Morgan fingerprint density at radius 3 is 2.93 bits per heavy atom. The van der Waals surface area contributed by atoms with Crippen molar-refractivity contribution < 1.29 is 23.9 Å². The first kappa shape index (κ1) is 17.3. The maximum absolute atomic E-state index is 12.2. The standard InChI is InChI=1S/C17H16N4O5S/c22-14-4-2-11(20-14)16(24)21-17-19-10(7-27-17)6-15(23)18-9-1-3-12-13(5-9)26-8-25-12/h1,3,5,7,11H,2,4,6,8H2,(H,18,23)(H,20,22)(H,19,21,24)/t11-/m1/s1. The van der Waals surface area contributed by atoms with Crippen LogP contribution in [0.2, 0.25) is 0 Å². The molecule has 0 bridgehead atoms. The van der Waals surface area contributed by atoms with Crippen LogP contribution < -0.4 is 25.4 Å². The third kappa shape index (κ3) is 4.00. The number of nitrogens with zero attached hydrogens (tertiary/aromatic N) is 1. The highest BCUT2D eigenvalue weighted by Gasteiger charge is 2.27. The smallest absolute Gasteiger partial charge is 0.248 e. The van der Waals surface area contributed by atoms with Crippen molar-refractivity contribution in [1.82, 2.24) is 10.3 Å². The number of hydrogen-bond donors (Lipinski definition) is 3. The zero-order chi connectivity index (χ0) is 18.8. The summed E-state index contributed by atoms with van der Waals surface area (Å²) in [5.74, 6) is 0.568. The van der Waals surface area contributed by atoms with Gasteiger partial charge in [0.15, 0.2) is 16.6 Å². The second kappa shape index (κ2) is 7.23. The summed E-state index contributed by atoms with van der Waals surface area (Å²) in [7, 11) is 0. The second-order valence-electron chi connectivity index (χ2n) is 6.09. The van der Waals surface area contributed by atoms with Gasteiger partial charge in [0.1, 0.15) is 6.04 Å². The van der Waals surface area contributed by atoms with Gasteiger partial charge in [0.2, 0.25) is 24.5 Å². The van der Waals surface area contributed by atoms with Crippen LogP contribution in [0.1, 0.15) is 18.5 Å². The quantitative estimate of drug-likeness (QED) is 0.710. The minimum absolute atomic E-state index is 0.0704. The lowest BCUT2D eigenvalue weighted by molar-refractivity contribution is -0.122. The van der Waals surface area contributed by atoms with Crippen LogP contribution in [0, 0.1) is 0 Å². The van der Waals surface area contributed by atoms with E-state index in [9.17, 15) is 14.4 Å². The Bertz CT molecular complexity index is 912. The van der Waals surface area contributed by atoms with Crippen LogP contribution in [0.3, 0.4) is 0 Å². The molecule has 0 radical (unpaired) electrons. The van der Waals surface area contributed by atoms with E-state index < -0.39 is 6.04 Å². The molecule has 4 rings (SSSR count). The van der Waals surface area contributed by atoms with Crippen molar-refractivity contribution in [1.29, 1.82) is 0 Å². The summed E-state index contributed by atoms with van der Waals surface area (Å²) >= 11 is 1.23. The predicted octanol–water partition coefficient (Wildman–Crippen LogP) is 1.27. The van der Waals surface area contributed by atoms with Crippen molar-refractivity contribution >= 4 is 39.9 Å². The highest BCUT2D eigenvalue weighted by atomic mass is 32.1. The van der Waals surface area contributed by atoms with Gasteiger partial charge in [-0.2, -0.15) is 0 Å². The Kier molecular flexibility index (Phi) is 4.63. The van der Waals surface area contributed by atoms with E-state index in [2.05, 4.69) is 20.9 Å². The van der Waals surface area contributed by atoms with Crippen molar-refractivity contribution in [2.75, 3.05) is 17.4 Å². The first-order valence-corrected chi connectivity index (χ1v) is 9.19. The first-order chi connectivity index (χ1) is 13.1. The average Bonchev–Trinajstić information content (AvgIpc) is 3.35. The van der Waals surface area contributed by atoms with E-state index in [0.717, 1.165) is 0 Å². The summed E-state index contributed by atoms with van der Waals surface area (Å²) in [4.78, 5) is 39.7. The predicted molar refractivity (Wildman–Crippen MR) is 96.8 cm³/mol. The third-order valence-electron chi connectivity index (χ3n) is 4.09. The molecular weight excluding hydrogens is 372 g/mol. The fourth-order valence-electron chi connectivity index (χ4n) is 2.79. The van der Waals surface area contributed by atoms with E-state index in [4.69, 9.17) is 9.47 Å². The summed E-state index contributed by atoms with van der Waals surface area (Å²) in [5, 5.41) is 10.1. The van der Waals surface area contributed by atoms with Crippen LogP contribution >= 0.6 is 11.3 Å². The SMILES string of the molecule is O=C(Cc1csc(NC(=O)[C@H]2CCC(=O)N2)n1)Nc1ccc2c(c1)OCO2. The highest BCUT2D eigenvalue weighted by molar-refractivity contribution is 7.13. The fourth-order valence-corrected chi connectivity index (χ4v) is 3.51. The van der Waals surface area contributed by atoms with Crippen molar-refractivity contribution in [3.63, 3.8) is 0 Å². The highest BCUT2D eigenvalue weighted by Crippen LogP contribution is 2.34. The van der Waals surface area contributed by atoms with Gasteiger partial charge in [-0.05, 0) is 18.6 Å². The van der Waals surface area contributed by atoms with Crippen LogP contribution in [-0.4, -0.2) is 35.5 Å². The van der Waals surface area contributed by atoms with E-state index in [1.165, 1.54) is 11.3 Å². The molecule has 3 heterocycles. The molecule has 1 saturated heterocycles. The number of hydrogen-bond acceptors (Lipinski definition) is 7. The normalized spacial score (nSPS) is 17.5. The lowest BCUT2D eigenvalue weighted by Gasteiger charge is -2.08. The Morgan fingerprint density at radius 1 is 1.26 bits per heavy atom. The molecule has 2 aliphatic rings. The number of aromatic nitrogens is 1. The molecule has 140 valence electrons. The maximum atomic E-state index is 12.2. The lowest BCUT2D eigenvalue weighted by Crippen LogP contribution is -2.37. The number of carbonyl (C=O) groups excluding carboxylic acids is 3. The molecule has 10 heteroatoms.